The summed E-state index contributed by atoms with van der Waals surface area (Å²) in [5.41, 5.74) is 0.846. The second-order valence-corrected chi connectivity index (χ2v) is 7.66. The van der Waals surface area contributed by atoms with Crippen molar-refractivity contribution in [2.24, 2.45) is 5.41 Å². The van der Waals surface area contributed by atoms with Gasteiger partial charge in [-0.3, -0.25) is 4.57 Å². The third-order valence-electron chi connectivity index (χ3n) is 5.71. The number of carbonyl (C=O) groups is 1. The van der Waals surface area contributed by atoms with E-state index in [0.29, 0.717) is 0 Å². The van der Waals surface area contributed by atoms with Crippen LogP contribution >= 0.6 is 11.6 Å². The molecule has 26 heavy (non-hydrogen) atoms. The molecule has 6 N–H and O–H groups in total. The minimum Gasteiger partial charge on any atom is -0.478 e. The van der Waals surface area contributed by atoms with E-state index in [4.69, 9.17) is 22.1 Å². The topological polar surface area (TPSA) is 177 Å². The van der Waals surface area contributed by atoms with Gasteiger partial charge in [-0.1, -0.05) is 25.4 Å². The first-order valence-electron chi connectivity index (χ1n) is 7.60. The molecule has 140 valence electrons. The average Bonchev–Trinajstić information content (AvgIpc) is 2.94. The quantitative estimate of drug-likeness (QED) is 0.404. The maximum Gasteiger partial charge on any atom is 0.354 e. The first-order chi connectivity index (χ1) is 11.9. The molecule has 1 aliphatic heterocycles. The number of nitrogens with zero attached hydrogens (tertiary/aromatic N) is 4. The van der Waals surface area contributed by atoms with Crippen LogP contribution in [0, 0.1) is 5.41 Å². The fraction of sp³-hybridized carbons (Fsp3) is 0.571. The summed E-state index contributed by atoms with van der Waals surface area (Å²) in [6, 6.07) is 0. The first kappa shape index (κ1) is 17.4. The Labute approximate surface area is 151 Å². The molecule has 2 aromatic heterocycles. The van der Waals surface area contributed by atoms with Crippen molar-refractivity contribution in [3.05, 3.63) is 12.7 Å². The lowest BCUT2D eigenvalue weighted by atomic mass is 9.97. The number of anilines is 1. The molecule has 1 saturated heterocycles. The summed E-state index contributed by atoms with van der Waals surface area (Å²) >= 11 is 5.74. The van der Waals surface area contributed by atoms with Gasteiger partial charge < -0.3 is 30.9 Å². The summed E-state index contributed by atoms with van der Waals surface area (Å²) in [6.45, 7) is 3.01. The van der Waals surface area contributed by atoms with Crippen molar-refractivity contribution in [1.29, 1.82) is 0 Å². The number of rotatable bonds is 3. The number of aliphatic carboxylic acids is 1. The molecule has 0 bridgehead atoms. The number of hydrogen-bond acceptors (Lipinski definition) is 9. The summed E-state index contributed by atoms with van der Waals surface area (Å²) in [5, 5.41) is 38.6. The molecule has 1 unspecified atom stereocenters. The van der Waals surface area contributed by atoms with Gasteiger partial charge in [0, 0.05) is 5.41 Å². The Bertz CT molecular complexity index is 947. The Kier molecular flexibility index (Phi) is 3.08. The Morgan fingerprint density at radius 1 is 1.35 bits per heavy atom. The highest BCUT2D eigenvalue weighted by atomic mass is 35.5. The van der Waals surface area contributed by atoms with Crippen LogP contribution in [0.5, 0.6) is 0 Å². The minimum absolute atomic E-state index is 0.0972. The van der Waals surface area contributed by atoms with Crippen LogP contribution in [0.1, 0.15) is 20.1 Å². The molecule has 1 aliphatic carbocycles. The maximum absolute atomic E-state index is 11.4. The van der Waals surface area contributed by atoms with Gasteiger partial charge in [-0.15, -0.1) is 0 Å². The standard InChI is InChI=1S/C14H16ClN5O6/c1-11(2)13(24)8(12(15,23)10(21)22)26-9(14(11,13)25)20-4-19-5-6(16)17-3-18-7(5)20/h3-4,8-9,23-25H,1-2H3,(H,21,22)(H2,16,17,18)/t8-,9-,12?,13+,14-/m1/s1. The van der Waals surface area contributed by atoms with Crippen LogP contribution in [0.4, 0.5) is 5.82 Å². The van der Waals surface area contributed by atoms with Gasteiger partial charge in [0.15, 0.2) is 17.7 Å². The number of halogens is 1. The fourth-order valence-corrected chi connectivity index (χ4v) is 4.24. The second kappa shape index (κ2) is 4.61. The van der Waals surface area contributed by atoms with Gasteiger partial charge >= 0.3 is 5.97 Å². The van der Waals surface area contributed by atoms with Crippen molar-refractivity contribution in [3.63, 3.8) is 0 Å². The van der Waals surface area contributed by atoms with E-state index in [0.717, 1.165) is 0 Å². The number of carboxylic acids is 1. The van der Waals surface area contributed by atoms with Gasteiger partial charge in [0.2, 0.25) is 0 Å². The monoisotopic (exact) mass is 385 g/mol. The molecule has 12 heteroatoms. The Hall–Kier alpha value is -2.05. The second-order valence-electron chi connectivity index (χ2n) is 7.09. The molecular weight excluding hydrogens is 370 g/mol. The van der Waals surface area contributed by atoms with Crippen molar-refractivity contribution >= 4 is 34.6 Å². The van der Waals surface area contributed by atoms with Gasteiger partial charge in [0.25, 0.3) is 5.06 Å². The lowest BCUT2D eigenvalue weighted by Gasteiger charge is -2.32. The van der Waals surface area contributed by atoms with Gasteiger partial charge in [-0.25, -0.2) is 19.7 Å². The minimum atomic E-state index is -2.96. The van der Waals surface area contributed by atoms with Gasteiger partial charge in [-0.05, 0) is 0 Å². The summed E-state index contributed by atoms with van der Waals surface area (Å²) in [5.74, 6) is -1.72. The van der Waals surface area contributed by atoms with E-state index in [2.05, 4.69) is 15.0 Å². The Morgan fingerprint density at radius 3 is 2.62 bits per heavy atom. The smallest absolute Gasteiger partial charge is 0.354 e. The molecule has 3 heterocycles. The Balaban J connectivity index is 1.89. The van der Waals surface area contributed by atoms with Crippen LogP contribution in [-0.2, 0) is 9.53 Å². The molecule has 2 aromatic rings. The zero-order valence-corrected chi connectivity index (χ0v) is 14.4. The SMILES string of the molecule is CC1(C)[C@]2(O)[C@H](n3cnc4c(N)ncnc43)O[C@H](C(O)(Cl)C(=O)O)[C@]12O. The number of hydrogen-bond donors (Lipinski definition) is 5. The highest BCUT2D eigenvalue weighted by molar-refractivity contribution is 6.33. The van der Waals surface area contributed by atoms with Crippen LogP contribution in [0.3, 0.4) is 0 Å². The lowest BCUT2D eigenvalue weighted by molar-refractivity contribution is -0.184. The van der Waals surface area contributed by atoms with Gasteiger partial charge in [0.05, 0.1) is 6.33 Å². The number of alkyl halides is 1. The Morgan fingerprint density at radius 2 is 2.00 bits per heavy atom. The van der Waals surface area contributed by atoms with E-state index in [9.17, 15) is 25.2 Å². The van der Waals surface area contributed by atoms with E-state index >= 15 is 0 Å². The van der Waals surface area contributed by atoms with Crippen molar-refractivity contribution in [2.45, 2.75) is 42.4 Å². The van der Waals surface area contributed by atoms with Crippen LogP contribution in [-0.4, -0.2) is 68.3 Å². The molecule has 5 atom stereocenters. The number of fused-ring (bicyclic) bond motifs is 2. The van der Waals surface area contributed by atoms with E-state index in [1.54, 1.807) is 0 Å². The van der Waals surface area contributed by atoms with Crippen LogP contribution in [0.25, 0.3) is 11.2 Å². The third-order valence-corrected chi connectivity index (χ3v) is 6.07. The number of nitrogens with two attached hydrogens (primary N) is 1. The van der Waals surface area contributed by atoms with Crippen molar-refractivity contribution in [2.75, 3.05) is 5.73 Å². The molecular formula is C14H16ClN5O6. The number of aromatic nitrogens is 4. The van der Waals surface area contributed by atoms with Crippen LogP contribution < -0.4 is 5.73 Å². The molecule has 4 rings (SSSR count). The highest BCUT2D eigenvalue weighted by Crippen LogP contribution is 2.76. The predicted molar refractivity (Wildman–Crippen MR) is 85.8 cm³/mol. The molecule has 2 aliphatic rings. The molecule has 0 spiro atoms. The van der Waals surface area contributed by atoms with Crippen molar-refractivity contribution in [3.8, 4) is 0 Å². The highest BCUT2D eigenvalue weighted by Gasteiger charge is 2.95. The van der Waals surface area contributed by atoms with Crippen LogP contribution in [0.15, 0.2) is 12.7 Å². The largest absolute Gasteiger partial charge is 0.478 e. The average molecular weight is 386 g/mol. The molecule has 2 fully saturated rings. The zero-order chi connectivity index (χ0) is 19.3. The van der Waals surface area contributed by atoms with E-state index in [1.165, 1.54) is 31.1 Å². The fourth-order valence-electron chi connectivity index (χ4n) is 4.03. The lowest BCUT2D eigenvalue weighted by Crippen LogP contribution is -2.53. The van der Waals surface area contributed by atoms with Crippen LogP contribution in [0.2, 0.25) is 0 Å². The summed E-state index contributed by atoms with van der Waals surface area (Å²) in [4.78, 5) is 23.3. The van der Waals surface area contributed by atoms with E-state index in [-0.39, 0.29) is 17.0 Å². The number of imidazole rings is 1. The number of carboxylic acid groups (broad SMARTS) is 1. The molecule has 1 saturated carbocycles. The van der Waals surface area contributed by atoms with Crippen molar-refractivity contribution < 1.29 is 30.0 Å². The van der Waals surface area contributed by atoms with Crippen molar-refractivity contribution in [1.82, 2.24) is 19.5 Å². The molecule has 11 nitrogen and oxygen atoms in total. The number of nitrogen functional groups attached to an aromatic ring is 1. The van der Waals surface area contributed by atoms with Gasteiger partial charge in [-0.2, -0.15) is 0 Å². The maximum atomic E-state index is 11.4. The summed E-state index contributed by atoms with van der Waals surface area (Å²) in [7, 11) is 0. The van der Waals surface area contributed by atoms with Gasteiger partial charge in [0.1, 0.15) is 29.2 Å². The third kappa shape index (κ3) is 1.59. The molecule has 0 aromatic carbocycles. The summed E-state index contributed by atoms with van der Waals surface area (Å²) in [6.07, 6.45) is -0.692. The summed E-state index contributed by atoms with van der Waals surface area (Å²) < 4.78 is 6.84. The van der Waals surface area contributed by atoms with E-state index < -0.39 is 40.0 Å². The predicted octanol–water partition coefficient (Wildman–Crippen LogP) is -1.18. The first-order valence-corrected chi connectivity index (χ1v) is 7.98. The number of ether oxygens (including phenoxy) is 1. The van der Waals surface area contributed by atoms with E-state index in [1.807, 2.05) is 0 Å². The molecule has 0 amide bonds. The molecule has 0 radical (unpaired) electrons. The number of aliphatic hydroxyl groups is 3. The zero-order valence-electron chi connectivity index (χ0n) is 13.7. The normalized spacial score (nSPS) is 37.3.